The molecule has 0 saturated heterocycles. The van der Waals surface area contributed by atoms with Crippen molar-refractivity contribution in [3.63, 3.8) is 0 Å². The van der Waals surface area contributed by atoms with Gasteiger partial charge in [-0.2, -0.15) is 0 Å². The number of nitrogens with one attached hydrogen (secondary N) is 1. The van der Waals surface area contributed by atoms with Gasteiger partial charge >= 0.3 is 11.9 Å². The van der Waals surface area contributed by atoms with Gasteiger partial charge in [0.25, 0.3) is 0 Å². The molecule has 5 nitrogen and oxygen atoms in total. The fourth-order valence-corrected chi connectivity index (χ4v) is 1.46. The maximum Gasteiger partial charge on any atom is 0.320 e. The number of rotatable bonds is 7. The summed E-state index contributed by atoms with van der Waals surface area (Å²) in [4.78, 5) is 21.2. The summed E-state index contributed by atoms with van der Waals surface area (Å²) >= 11 is 0. The van der Waals surface area contributed by atoms with E-state index >= 15 is 0 Å². The van der Waals surface area contributed by atoms with E-state index in [0.29, 0.717) is 5.56 Å². The summed E-state index contributed by atoms with van der Waals surface area (Å²) in [5.74, 6) is -2.63. The summed E-state index contributed by atoms with van der Waals surface area (Å²) in [7, 11) is 0. The smallest absolute Gasteiger partial charge is 0.320 e. The molecule has 6 heteroatoms. The minimum atomic E-state index is -1.15. The molecular formula is C12H14FNO4. The molecule has 0 aromatic heterocycles. The first-order valence-electron chi connectivity index (χ1n) is 5.42. The summed E-state index contributed by atoms with van der Waals surface area (Å²) in [5.41, 5.74) is 0.346. The van der Waals surface area contributed by atoms with E-state index in [2.05, 4.69) is 5.32 Å². The van der Waals surface area contributed by atoms with E-state index in [4.69, 9.17) is 10.2 Å². The Labute approximate surface area is 103 Å². The maximum atomic E-state index is 13.3. The van der Waals surface area contributed by atoms with Gasteiger partial charge in [0.15, 0.2) is 0 Å². The Kier molecular flexibility index (Phi) is 5.26. The van der Waals surface area contributed by atoms with Crippen molar-refractivity contribution >= 4 is 11.9 Å². The molecule has 0 aliphatic rings. The molecule has 0 heterocycles. The average molecular weight is 255 g/mol. The number of halogens is 1. The first-order chi connectivity index (χ1) is 8.50. The highest BCUT2D eigenvalue weighted by molar-refractivity contribution is 5.75. The molecule has 1 unspecified atom stereocenters. The predicted molar refractivity (Wildman–Crippen MR) is 61.5 cm³/mol. The number of hydrogen-bond acceptors (Lipinski definition) is 3. The fourth-order valence-electron chi connectivity index (χ4n) is 1.46. The molecule has 0 amide bonds. The zero-order valence-corrected chi connectivity index (χ0v) is 9.60. The van der Waals surface area contributed by atoms with Gasteiger partial charge in [0.1, 0.15) is 11.9 Å². The summed E-state index contributed by atoms with van der Waals surface area (Å²) in [6.07, 6.45) is -0.291. The van der Waals surface area contributed by atoms with Crippen molar-refractivity contribution in [2.24, 2.45) is 0 Å². The van der Waals surface area contributed by atoms with Crippen molar-refractivity contribution in [2.45, 2.75) is 25.4 Å². The topological polar surface area (TPSA) is 86.6 Å². The SMILES string of the molecule is O=C(O)CCC(NCc1ccccc1F)C(=O)O. The van der Waals surface area contributed by atoms with Crippen molar-refractivity contribution in [1.82, 2.24) is 5.32 Å². The molecule has 0 saturated carbocycles. The van der Waals surface area contributed by atoms with Crippen LogP contribution < -0.4 is 5.32 Å². The highest BCUT2D eigenvalue weighted by Crippen LogP contribution is 2.07. The lowest BCUT2D eigenvalue weighted by atomic mass is 10.1. The second-order valence-corrected chi connectivity index (χ2v) is 3.80. The fraction of sp³-hybridized carbons (Fsp3) is 0.333. The Morgan fingerprint density at radius 3 is 2.50 bits per heavy atom. The zero-order valence-electron chi connectivity index (χ0n) is 9.60. The number of hydrogen-bond donors (Lipinski definition) is 3. The van der Waals surface area contributed by atoms with Crippen LogP contribution in [0.1, 0.15) is 18.4 Å². The predicted octanol–water partition coefficient (Wildman–Crippen LogP) is 1.23. The highest BCUT2D eigenvalue weighted by atomic mass is 19.1. The molecule has 0 radical (unpaired) electrons. The molecule has 0 aliphatic heterocycles. The lowest BCUT2D eigenvalue weighted by molar-refractivity contribution is -0.140. The van der Waals surface area contributed by atoms with E-state index in [1.54, 1.807) is 12.1 Å². The summed E-state index contributed by atoms with van der Waals surface area (Å²) in [6, 6.07) is 5.01. The first-order valence-corrected chi connectivity index (χ1v) is 5.42. The lowest BCUT2D eigenvalue weighted by Crippen LogP contribution is -2.36. The third-order valence-corrected chi connectivity index (χ3v) is 2.44. The molecule has 3 N–H and O–H groups in total. The molecule has 1 rings (SSSR count). The molecule has 0 fully saturated rings. The van der Waals surface area contributed by atoms with Crippen molar-refractivity contribution < 1.29 is 24.2 Å². The Hall–Kier alpha value is -1.95. The second kappa shape index (κ2) is 6.70. The van der Waals surface area contributed by atoms with Gasteiger partial charge < -0.3 is 15.5 Å². The number of benzene rings is 1. The minimum absolute atomic E-state index is 0.0425. The molecule has 1 aromatic carbocycles. The van der Waals surface area contributed by atoms with Crippen LogP contribution in [0.25, 0.3) is 0 Å². The van der Waals surface area contributed by atoms with Crippen LogP contribution >= 0.6 is 0 Å². The van der Waals surface area contributed by atoms with Gasteiger partial charge in [0, 0.05) is 18.5 Å². The largest absolute Gasteiger partial charge is 0.481 e. The van der Waals surface area contributed by atoms with Gasteiger partial charge in [0.05, 0.1) is 0 Å². The molecule has 0 bridgehead atoms. The van der Waals surface area contributed by atoms with Gasteiger partial charge in [0.2, 0.25) is 0 Å². The van der Waals surface area contributed by atoms with Crippen LogP contribution in [0.3, 0.4) is 0 Å². The van der Waals surface area contributed by atoms with E-state index in [9.17, 15) is 14.0 Å². The summed E-state index contributed by atoms with van der Waals surface area (Å²) in [6.45, 7) is 0.0449. The van der Waals surface area contributed by atoms with E-state index in [1.165, 1.54) is 12.1 Å². The molecular weight excluding hydrogens is 241 g/mol. The molecule has 18 heavy (non-hydrogen) atoms. The van der Waals surface area contributed by atoms with Crippen LogP contribution in [0.2, 0.25) is 0 Å². The Bertz CT molecular complexity index is 436. The van der Waals surface area contributed by atoms with Gasteiger partial charge in [-0.3, -0.25) is 9.59 Å². The number of carboxylic acids is 2. The van der Waals surface area contributed by atoms with Crippen LogP contribution in [0, 0.1) is 5.82 Å². The van der Waals surface area contributed by atoms with Crippen LogP contribution in [0.5, 0.6) is 0 Å². The van der Waals surface area contributed by atoms with Crippen molar-refractivity contribution in [3.8, 4) is 0 Å². The van der Waals surface area contributed by atoms with Gasteiger partial charge in [-0.25, -0.2) is 4.39 Å². The summed E-state index contributed by atoms with van der Waals surface area (Å²) < 4.78 is 13.3. The number of aliphatic carboxylic acids is 2. The molecule has 1 atom stereocenters. The van der Waals surface area contributed by atoms with E-state index < -0.39 is 23.8 Å². The third kappa shape index (κ3) is 4.50. The van der Waals surface area contributed by atoms with Crippen molar-refractivity contribution in [3.05, 3.63) is 35.6 Å². The van der Waals surface area contributed by atoms with Crippen molar-refractivity contribution in [1.29, 1.82) is 0 Å². The van der Waals surface area contributed by atoms with E-state index in [-0.39, 0.29) is 19.4 Å². The third-order valence-electron chi connectivity index (χ3n) is 2.44. The molecule has 0 spiro atoms. The summed E-state index contributed by atoms with van der Waals surface area (Å²) in [5, 5.41) is 20.0. The quantitative estimate of drug-likeness (QED) is 0.682. The van der Waals surface area contributed by atoms with Crippen LogP contribution in [0.15, 0.2) is 24.3 Å². The lowest BCUT2D eigenvalue weighted by Gasteiger charge is -2.13. The van der Waals surface area contributed by atoms with Crippen LogP contribution in [-0.2, 0) is 16.1 Å². The molecule has 1 aromatic rings. The second-order valence-electron chi connectivity index (χ2n) is 3.80. The number of carbonyl (C=O) groups is 2. The van der Waals surface area contributed by atoms with E-state index in [1.807, 2.05) is 0 Å². The number of carboxylic acid groups (broad SMARTS) is 2. The van der Waals surface area contributed by atoms with E-state index in [0.717, 1.165) is 0 Å². The average Bonchev–Trinajstić information content (AvgIpc) is 2.30. The Morgan fingerprint density at radius 2 is 1.94 bits per heavy atom. The molecule has 0 aliphatic carbocycles. The van der Waals surface area contributed by atoms with Gasteiger partial charge in [-0.1, -0.05) is 18.2 Å². The maximum absolute atomic E-state index is 13.3. The van der Waals surface area contributed by atoms with Crippen molar-refractivity contribution in [2.75, 3.05) is 0 Å². The zero-order chi connectivity index (χ0) is 13.5. The van der Waals surface area contributed by atoms with Crippen LogP contribution in [-0.4, -0.2) is 28.2 Å². The Morgan fingerprint density at radius 1 is 1.28 bits per heavy atom. The van der Waals surface area contributed by atoms with Gasteiger partial charge in [-0.15, -0.1) is 0 Å². The standard InChI is InChI=1S/C12H14FNO4/c13-9-4-2-1-3-8(9)7-14-10(12(17)18)5-6-11(15)16/h1-4,10,14H,5-7H2,(H,15,16)(H,17,18). The first kappa shape index (κ1) is 14.1. The minimum Gasteiger partial charge on any atom is -0.481 e. The normalized spacial score (nSPS) is 12.1. The monoisotopic (exact) mass is 255 g/mol. The highest BCUT2D eigenvalue weighted by Gasteiger charge is 2.18. The molecule has 98 valence electrons. The Balaban J connectivity index is 2.55. The van der Waals surface area contributed by atoms with Gasteiger partial charge in [-0.05, 0) is 12.5 Å². The van der Waals surface area contributed by atoms with Crippen LogP contribution in [0.4, 0.5) is 4.39 Å².